The van der Waals surface area contributed by atoms with E-state index in [4.69, 9.17) is 0 Å². The van der Waals surface area contributed by atoms with Gasteiger partial charge in [-0.3, -0.25) is 10.00 Å². The molecule has 2 heterocycles. The fourth-order valence-corrected chi connectivity index (χ4v) is 3.04. The predicted octanol–water partition coefficient (Wildman–Crippen LogP) is 0.974. The maximum atomic E-state index is 12.1. The number of rotatable bonds is 2. The molecule has 0 unspecified atom stereocenters. The first-order valence-corrected chi connectivity index (χ1v) is 7.21. The summed E-state index contributed by atoms with van der Waals surface area (Å²) in [4.78, 5) is 13.8. The summed E-state index contributed by atoms with van der Waals surface area (Å²) in [7, 11) is 1.75. The molecule has 1 aromatic rings. The topological polar surface area (TPSA) is 83.3 Å². The van der Waals surface area contributed by atoms with Crippen LogP contribution in [0.25, 0.3) is 0 Å². The summed E-state index contributed by atoms with van der Waals surface area (Å²) < 4.78 is 1.54. The molecule has 2 amide bonds. The molecule has 110 valence electrons. The van der Waals surface area contributed by atoms with Crippen LogP contribution in [-0.2, 0) is 7.05 Å². The van der Waals surface area contributed by atoms with Crippen molar-refractivity contribution in [1.29, 1.82) is 0 Å². The van der Waals surface area contributed by atoms with Gasteiger partial charge < -0.3 is 10.0 Å². The van der Waals surface area contributed by atoms with Crippen LogP contribution in [0.1, 0.15) is 32.1 Å². The van der Waals surface area contributed by atoms with Gasteiger partial charge in [-0.25, -0.2) is 4.79 Å². The maximum Gasteiger partial charge on any atom is 0.323 e. The maximum absolute atomic E-state index is 12.1. The van der Waals surface area contributed by atoms with Crippen LogP contribution < -0.4 is 5.32 Å². The van der Waals surface area contributed by atoms with Crippen molar-refractivity contribution in [2.45, 2.75) is 37.7 Å². The van der Waals surface area contributed by atoms with Gasteiger partial charge in [-0.05, 0) is 31.6 Å². The van der Waals surface area contributed by atoms with Crippen LogP contribution in [0.4, 0.5) is 10.6 Å². The number of carbonyl (C=O) groups excluding carboxylic acids is 1. The summed E-state index contributed by atoms with van der Waals surface area (Å²) in [5.74, 6) is 0.894. The number of nitrogens with zero attached hydrogens (tertiary/aromatic N) is 4. The Bertz CT molecular complexity index is 489. The van der Waals surface area contributed by atoms with Gasteiger partial charge in [0.05, 0.1) is 11.8 Å². The first-order chi connectivity index (χ1) is 9.57. The van der Waals surface area contributed by atoms with Crippen molar-refractivity contribution in [1.82, 2.24) is 19.9 Å². The number of hydrogen-bond donors (Lipinski definition) is 2. The number of hydrogen-bond acceptors (Lipinski definition) is 4. The molecule has 0 aromatic carbocycles. The minimum atomic E-state index is -0.554. The molecule has 7 nitrogen and oxygen atoms in total. The van der Waals surface area contributed by atoms with Crippen LogP contribution in [0, 0.1) is 5.92 Å². The Hall–Kier alpha value is -1.63. The van der Waals surface area contributed by atoms with E-state index < -0.39 is 5.60 Å². The molecule has 20 heavy (non-hydrogen) atoms. The van der Waals surface area contributed by atoms with Crippen LogP contribution in [0.2, 0.25) is 0 Å². The summed E-state index contributed by atoms with van der Waals surface area (Å²) >= 11 is 0. The number of amides is 2. The normalized spacial score (nSPS) is 22.4. The van der Waals surface area contributed by atoms with Crippen molar-refractivity contribution in [2.75, 3.05) is 18.4 Å². The van der Waals surface area contributed by atoms with E-state index >= 15 is 0 Å². The van der Waals surface area contributed by atoms with Crippen molar-refractivity contribution in [2.24, 2.45) is 13.0 Å². The number of aryl methyl sites for hydroxylation is 1. The van der Waals surface area contributed by atoms with Gasteiger partial charge in [-0.2, -0.15) is 0 Å². The number of urea groups is 1. The lowest BCUT2D eigenvalue weighted by Crippen LogP contribution is -2.52. The zero-order valence-electron chi connectivity index (χ0n) is 11.7. The highest BCUT2D eigenvalue weighted by Gasteiger charge is 2.42. The standard InChI is InChI=1S/C13H21N5O2/c1-17-9-11(15-16-17)14-12(19)18-7-5-13(20,6-8-18)10-3-2-4-10/h9-10,20H,2-8H2,1H3,(H,14,19). The molecule has 0 bridgehead atoms. The molecule has 2 aliphatic rings. The lowest BCUT2D eigenvalue weighted by molar-refractivity contribution is -0.0845. The van der Waals surface area contributed by atoms with E-state index in [-0.39, 0.29) is 6.03 Å². The van der Waals surface area contributed by atoms with Crippen molar-refractivity contribution >= 4 is 11.8 Å². The van der Waals surface area contributed by atoms with Gasteiger partial charge in [0, 0.05) is 20.1 Å². The highest BCUT2D eigenvalue weighted by molar-refractivity contribution is 5.88. The third-order valence-electron chi connectivity index (χ3n) is 4.62. The summed E-state index contributed by atoms with van der Waals surface area (Å²) in [5, 5.41) is 20.9. The minimum Gasteiger partial charge on any atom is -0.389 e. The fraction of sp³-hybridized carbons (Fsp3) is 0.769. The molecular formula is C13H21N5O2. The molecule has 2 N–H and O–H groups in total. The predicted molar refractivity (Wildman–Crippen MR) is 73.1 cm³/mol. The van der Waals surface area contributed by atoms with Crippen LogP contribution >= 0.6 is 0 Å². The lowest BCUT2D eigenvalue weighted by atomic mass is 9.69. The molecule has 0 spiro atoms. The van der Waals surface area contributed by atoms with Crippen LogP contribution in [-0.4, -0.2) is 49.7 Å². The highest BCUT2D eigenvalue weighted by atomic mass is 16.3. The molecule has 1 aliphatic carbocycles. The van der Waals surface area contributed by atoms with Gasteiger partial charge in [0.15, 0.2) is 5.82 Å². The Morgan fingerprint density at radius 1 is 1.45 bits per heavy atom. The smallest absolute Gasteiger partial charge is 0.323 e. The molecule has 3 rings (SSSR count). The molecule has 0 radical (unpaired) electrons. The van der Waals surface area contributed by atoms with E-state index in [1.54, 1.807) is 22.8 Å². The first-order valence-electron chi connectivity index (χ1n) is 7.21. The molecule has 1 aromatic heterocycles. The number of aromatic nitrogens is 3. The first kappa shape index (κ1) is 13.4. The Kier molecular flexibility index (Phi) is 3.37. The zero-order valence-corrected chi connectivity index (χ0v) is 11.7. The fourth-order valence-electron chi connectivity index (χ4n) is 3.04. The van der Waals surface area contributed by atoms with E-state index in [2.05, 4.69) is 15.6 Å². The van der Waals surface area contributed by atoms with Gasteiger partial charge in [0.1, 0.15) is 0 Å². The van der Waals surface area contributed by atoms with E-state index in [0.717, 1.165) is 12.8 Å². The molecule has 1 saturated carbocycles. The van der Waals surface area contributed by atoms with E-state index in [1.165, 1.54) is 6.42 Å². The van der Waals surface area contributed by atoms with Crippen molar-refractivity contribution in [3.8, 4) is 0 Å². The Labute approximate surface area is 117 Å². The lowest BCUT2D eigenvalue weighted by Gasteiger charge is -2.46. The summed E-state index contributed by atoms with van der Waals surface area (Å²) in [5.41, 5.74) is -0.554. The van der Waals surface area contributed by atoms with E-state index in [9.17, 15) is 9.90 Å². The Balaban J connectivity index is 1.53. The SMILES string of the molecule is Cn1cc(NC(=O)N2CCC(O)(C3CCC3)CC2)nn1. The highest BCUT2D eigenvalue weighted by Crippen LogP contribution is 2.41. The third-order valence-corrected chi connectivity index (χ3v) is 4.62. The summed E-state index contributed by atoms with van der Waals surface area (Å²) in [6.07, 6.45) is 6.48. The average molecular weight is 279 g/mol. The van der Waals surface area contributed by atoms with Crippen LogP contribution in [0.15, 0.2) is 6.20 Å². The number of anilines is 1. The molecule has 0 atom stereocenters. The molecule has 1 aliphatic heterocycles. The summed E-state index contributed by atoms with van der Waals surface area (Å²) in [6.45, 7) is 1.19. The second-order valence-electron chi connectivity index (χ2n) is 5.93. The molecule has 2 fully saturated rings. The molecule has 7 heteroatoms. The number of nitrogens with one attached hydrogen (secondary N) is 1. The molecule has 1 saturated heterocycles. The third kappa shape index (κ3) is 2.49. The largest absolute Gasteiger partial charge is 0.389 e. The minimum absolute atomic E-state index is 0.166. The summed E-state index contributed by atoms with van der Waals surface area (Å²) in [6, 6.07) is -0.166. The van der Waals surface area contributed by atoms with Gasteiger partial charge in [0.2, 0.25) is 0 Å². The van der Waals surface area contributed by atoms with Crippen LogP contribution in [0.3, 0.4) is 0 Å². The van der Waals surface area contributed by atoms with Gasteiger partial charge in [-0.15, -0.1) is 5.10 Å². The van der Waals surface area contributed by atoms with E-state index in [0.29, 0.717) is 37.7 Å². The van der Waals surface area contributed by atoms with Crippen LogP contribution in [0.5, 0.6) is 0 Å². The Morgan fingerprint density at radius 2 is 2.15 bits per heavy atom. The quantitative estimate of drug-likeness (QED) is 0.845. The number of aliphatic hydroxyl groups is 1. The van der Waals surface area contributed by atoms with Crippen molar-refractivity contribution in [3.63, 3.8) is 0 Å². The number of carbonyl (C=O) groups is 1. The van der Waals surface area contributed by atoms with Gasteiger partial charge in [0.25, 0.3) is 0 Å². The van der Waals surface area contributed by atoms with Crippen molar-refractivity contribution < 1.29 is 9.90 Å². The second-order valence-corrected chi connectivity index (χ2v) is 5.93. The molecular weight excluding hydrogens is 258 g/mol. The average Bonchev–Trinajstić information content (AvgIpc) is 2.72. The Morgan fingerprint density at radius 3 is 2.65 bits per heavy atom. The second kappa shape index (κ2) is 5.05. The zero-order chi connectivity index (χ0) is 14.2. The van der Waals surface area contributed by atoms with Gasteiger partial charge in [-0.1, -0.05) is 11.6 Å². The van der Waals surface area contributed by atoms with E-state index in [1.807, 2.05) is 0 Å². The number of piperidine rings is 1. The van der Waals surface area contributed by atoms with Crippen molar-refractivity contribution in [3.05, 3.63) is 6.20 Å². The van der Waals surface area contributed by atoms with Gasteiger partial charge >= 0.3 is 6.03 Å². The monoisotopic (exact) mass is 279 g/mol. The number of likely N-dealkylation sites (tertiary alicyclic amines) is 1.